The van der Waals surface area contributed by atoms with Gasteiger partial charge in [-0.2, -0.15) is 0 Å². The van der Waals surface area contributed by atoms with E-state index in [1.807, 2.05) is 18.2 Å². The van der Waals surface area contributed by atoms with Crippen molar-refractivity contribution in [1.29, 1.82) is 0 Å². The number of hydrogen-bond donors (Lipinski definition) is 1. The lowest BCUT2D eigenvalue weighted by molar-refractivity contribution is 0.0299. The quantitative estimate of drug-likeness (QED) is 0.855. The van der Waals surface area contributed by atoms with Crippen LogP contribution in [0.4, 0.5) is 0 Å². The van der Waals surface area contributed by atoms with Crippen LogP contribution in [0.3, 0.4) is 0 Å². The summed E-state index contributed by atoms with van der Waals surface area (Å²) in [6, 6.07) is 10.1. The topological polar surface area (TPSA) is 72.6 Å². The van der Waals surface area contributed by atoms with Crippen molar-refractivity contribution < 1.29 is 13.2 Å². The van der Waals surface area contributed by atoms with Crippen LogP contribution in [0.1, 0.15) is 30.7 Å². The maximum atomic E-state index is 12.7. The Morgan fingerprint density at radius 3 is 2.54 bits per heavy atom. The van der Waals surface area contributed by atoms with Gasteiger partial charge in [0.1, 0.15) is 0 Å². The second-order valence-corrected chi connectivity index (χ2v) is 8.61. The number of benzene rings is 1. The fraction of sp³-hybridized carbons (Fsp3) is 0.647. The van der Waals surface area contributed by atoms with E-state index >= 15 is 0 Å². The Morgan fingerprint density at radius 1 is 1.17 bits per heavy atom. The van der Waals surface area contributed by atoms with Gasteiger partial charge < -0.3 is 10.5 Å². The van der Waals surface area contributed by atoms with E-state index in [-0.39, 0.29) is 36.1 Å². The van der Waals surface area contributed by atoms with Crippen LogP contribution < -0.4 is 5.73 Å². The molecule has 0 radical (unpaired) electrons. The zero-order valence-corrected chi connectivity index (χ0v) is 15.5. The third-order valence-corrected chi connectivity index (χ3v) is 6.88. The minimum atomic E-state index is -3.29. The number of hydrogen-bond acceptors (Lipinski definition) is 4. The van der Waals surface area contributed by atoms with Gasteiger partial charge in [0.2, 0.25) is 10.0 Å². The highest BCUT2D eigenvalue weighted by Gasteiger charge is 2.39. The van der Waals surface area contributed by atoms with E-state index in [1.165, 1.54) is 5.56 Å². The van der Waals surface area contributed by atoms with E-state index in [2.05, 4.69) is 12.1 Å². The molecule has 3 atom stereocenters. The number of nitrogens with zero attached hydrogens (tertiary/aromatic N) is 1. The molecule has 1 unspecified atom stereocenters. The van der Waals surface area contributed by atoms with E-state index in [0.717, 1.165) is 19.3 Å². The molecular formula is C17H27ClN2O3S. The minimum Gasteiger partial charge on any atom is -0.377 e. The molecule has 0 spiro atoms. The van der Waals surface area contributed by atoms with Crippen LogP contribution in [-0.4, -0.2) is 50.8 Å². The Bertz CT molecular complexity index is 606. The van der Waals surface area contributed by atoms with E-state index in [9.17, 15) is 8.42 Å². The number of halogens is 1. The zero-order chi connectivity index (χ0) is 16.3. The first-order valence-corrected chi connectivity index (χ1v) is 10.1. The zero-order valence-electron chi connectivity index (χ0n) is 13.8. The highest BCUT2D eigenvalue weighted by Crippen LogP contribution is 2.34. The van der Waals surface area contributed by atoms with E-state index < -0.39 is 10.0 Å². The molecule has 2 aliphatic heterocycles. The molecule has 2 saturated heterocycles. The van der Waals surface area contributed by atoms with Gasteiger partial charge in [-0.15, -0.1) is 12.4 Å². The standard InChI is InChI=1S/C17H26N2O3S.ClH/c18-10-15-11-19(12-17(15)14-6-2-1-3-7-14)23(20,21)13-16-8-4-5-9-22-16;/h1-3,6-7,15-17H,4-5,8-13,18H2;1H/t15-,16?,17+;/m1./s1. The van der Waals surface area contributed by atoms with Crippen molar-refractivity contribution in [3.8, 4) is 0 Å². The van der Waals surface area contributed by atoms with E-state index in [1.54, 1.807) is 4.31 Å². The first-order valence-electron chi connectivity index (χ1n) is 8.44. The van der Waals surface area contributed by atoms with Gasteiger partial charge in [-0.05, 0) is 37.3 Å². The van der Waals surface area contributed by atoms with Gasteiger partial charge in [0, 0.05) is 25.6 Å². The molecular weight excluding hydrogens is 348 g/mol. The van der Waals surface area contributed by atoms with Gasteiger partial charge >= 0.3 is 0 Å². The maximum absolute atomic E-state index is 12.7. The summed E-state index contributed by atoms with van der Waals surface area (Å²) in [4.78, 5) is 0. The monoisotopic (exact) mass is 374 g/mol. The third kappa shape index (κ3) is 4.49. The molecule has 0 amide bonds. The molecule has 136 valence electrons. The molecule has 2 heterocycles. The molecule has 7 heteroatoms. The normalized spacial score (nSPS) is 28.5. The van der Waals surface area contributed by atoms with Crippen LogP contribution in [-0.2, 0) is 14.8 Å². The van der Waals surface area contributed by atoms with Crippen LogP contribution in [0.5, 0.6) is 0 Å². The van der Waals surface area contributed by atoms with E-state index in [4.69, 9.17) is 10.5 Å². The molecule has 5 nitrogen and oxygen atoms in total. The largest absolute Gasteiger partial charge is 0.377 e. The summed E-state index contributed by atoms with van der Waals surface area (Å²) >= 11 is 0. The molecule has 0 aliphatic carbocycles. The summed E-state index contributed by atoms with van der Waals surface area (Å²) in [5, 5.41) is 0. The van der Waals surface area contributed by atoms with Crippen LogP contribution in [0.15, 0.2) is 30.3 Å². The first-order chi connectivity index (χ1) is 11.1. The lowest BCUT2D eigenvalue weighted by atomic mass is 9.89. The number of rotatable bonds is 5. The smallest absolute Gasteiger partial charge is 0.216 e. The van der Waals surface area contributed by atoms with Crippen LogP contribution in [0.25, 0.3) is 0 Å². The molecule has 1 aromatic carbocycles. The fourth-order valence-corrected chi connectivity index (χ4v) is 5.40. The molecule has 2 aliphatic rings. The predicted octanol–water partition coefficient (Wildman–Crippen LogP) is 1.98. The van der Waals surface area contributed by atoms with Crippen molar-refractivity contribution in [3.05, 3.63) is 35.9 Å². The van der Waals surface area contributed by atoms with Gasteiger partial charge in [-0.3, -0.25) is 0 Å². The molecule has 24 heavy (non-hydrogen) atoms. The Hall–Kier alpha value is -0.660. The van der Waals surface area contributed by atoms with Gasteiger partial charge in [-0.25, -0.2) is 12.7 Å². The lowest BCUT2D eigenvalue weighted by Crippen LogP contribution is -2.37. The molecule has 0 bridgehead atoms. The Balaban J connectivity index is 0.00000208. The second-order valence-electron chi connectivity index (χ2n) is 6.60. The van der Waals surface area contributed by atoms with Crippen LogP contribution in [0.2, 0.25) is 0 Å². The minimum absolute atomic E-state index is 0. The van der Waals surface area contributed by atoms with Crippen molar-refractivity contribution in [1.82, 2.24) is 4.31 Å². The first kappa shape index (κ1) is 19.7. The average Bonchev–Trinajstić information content (AvgIpc) is 3.01. The maximum Gasteiger partial charge on any atom is 0.216 e. The predicted molar refractivity (Wildman–Crippen MR) is 97.9 cm³/mol. The SMILES string of the molecule is Cl.NC[C@@H]1CN(S(=O)(=O)CC2CCCCO2)C[C@H]1c1ccccc1. The fourth-order valence-electron chi connectivity index (χ4n) is 3.65. The molecule has 2 fully saturated rings. The average molecular weight is 375 g/mol. The Labute approximate surface area is 151 Å². The molecule has 2 N–H and O–H groups in total. The summed E-state index contributed by atoms with van der Waals surface area (Å²) in [7, 11) is -3.29. The van der Waals surface area contributed by atoms with Gasteiger partial charge in [0.25, 0.3) is 0 Å². The Morgan fingerprint density at radius 2 is 1.92 bits per heavy atom. The summed E-state index contributed by atoms with van der Waals surface area (Å²) in [6.45, 7) is 2.23. The molecule has 3 rings (SSSR count). The summed E-state index contributed by atoms with van der Waals surface area (Å²) in [6.07, 6.45) is 2.78. The molecule has 1 aromatic rings. The molecule has 0 aromatic heterocycles. The van der Waals surface area contributed by atoms with Crippen molar-refractivity contribution in [2.75, 3.05) is 32.0 Å². The number of nitrogens with two attached hydrogens (primary N) is 1. The Kier molecular flexibility index (Phi) is 7.07. The van der Waals surface area contributed by atoms with Crippen molar-refractivity contribution in [3.63, 3.8) is 0 Å². The summed E-state index contributed by atoms with van der Waals surface area (Å²) in [5.74, 6) is 0.467. The number of sulfonamides is 1. The number of ether oxygens (including phenoxy) is 1. The van der Waals surface area contributed by atoms with Gasteiger partial charge in [0.05, 0.1) is 11.9 Å². The van der Waals surface area contributed by atoms with Gasteiger partial charge in [-0.1, -0.05) is 30.3 Å². The highest BCUT2D eigenvalue weighted by molar-refractivity contribution is 7.89. The lowest BCUT2D eigenvalue weighted by Gasteiger charge is -2.25. The van der Waals surface area contributed by atoms with Crippen molar-refractivity contribution >= 4 is 22.4 Å². The third-order valence-electron chi connectivity index (χ3n) is 5.00. The summed E-state index contributed by atoms with van der Waals surface area (Å²) < 4.78 is 32.7. The summed E-state index contributed by atoms with van der Waals surface area (Å²) in [5.41, 5.74) is 7.08. The van der Waals surface area contributed by atoms with Crippen molar-refractivity contribution in [2.24, 2.45) is 11.7 Å². The highest BCUT2D eigenvalue weighted by atomic mass is 35.5. The van der Waals surface area contributed by atoms with Crippen LogP contribution in [0, 0.1) is 5.92 Å². The van der Waals surface area contributed by atoms with Gasteiger partial charge in [0.15, 0.2) is 0 Å². The second kappa shape index (κ2) is 8.63. The van der Waals surface area contributed by atoms with Crippen molar-refractivity contribution in [2.45, 2.75) is 31.3 Å². The van der Waals surface area contributed by atoms with Crippen LogP contribution >= 0.6 is 12.4 Å². The van der Waals surface area contributed by atoms with E-state index in [0.29, 0.717) is 26.2 Å². The molecule has 0 saturated carbocycles.